The minimum Gasteiger partial charge on any atom is -0.337 e. The number of carbonyl (C=O) groups excluding carboxylic acids is 2. The van der Waals surface area contributed by atoms with E-state index < -0.39 is 0 Å². The number of amides is 2. The first-order chi connectivity index (χ1) is 11.6. The molecule has 0 spiro atoms. The third-order valence-electron chi connectivity index (χ3n) is 4.11. The number of carbonyl (C=O) groups is 2. The van der Waals surface area contributed by atoms with Crippen molar-refractivity contribution in [2.75, 3.05) is 25.5 Å². The predicted octanol–water partition coefficient (Wildman–Crippen LogP) is 3.51. The highest BCUT2D eigenvalue weighted by Gasteiger charge is 2.24. The molecule has 2 amide bonds. The molecule has 1 fully saturated rings. The quantitative estimate of drug-likeness (QED) is 0.826. The van der Waals surface area contributed by atoms with E-state index in [1.54, 1.807) is 36.2 Å². The fourth-order valence-electron chi connectivity index (χ4n) is 2.69. The van der Waals surface area contributed by atoms with E-state index in [-0.39, 0.29) is 30.3 Å². The average Bonchev–Trinajstić information content (AvgIpc) is 3.28. The smallest absolute Gasteiger partial charge is 0.265 e. The zero-order valence-corrected chi connectivity index (χ0v) is 16.0. The summed E-state index contributed by atoms with van der Waals surface area (Å²) in [5, 5.41) is 8.26. The molecule has 1 unspecified atom stereocenters. The fraction of sp³-hybridized carbons (Fsp3) is 0.294. The number of thiophene rings is 1. The third kappa shape index (κ3) is 4.52. The highest BCUT2D eigenvalue weighted by Crippen LogP contribution is 2.25. The van der Waals surface area contributed by atoms with Gasteiger partial charge in [0.05, 0.1) is 15.6 Å². The van der Waals surface area contributed by atoms with Crippen molar-refractivity contribution in [2.24, 2.45) is 0 Å². The Hall–Kier alpha value is -1.60. The first-order valence-electron chi connectivity index (χ1n) is 7.68. The number of nitrogens with one attached hydrogen (secondary N) is 2. The van der Waals surface area contributed by atoms with E-state index in [1.807, 2.05) is 11.4 Å². The van der Waals surface area contributed by atoms with Crippen LogP contribution in [0.15, 0.2) is 35.7 Å². The molecule has 1 saturated heterocycles. The Morgan fingerprint density at radius 1 is 1.36 bits per heavy atom. The van der Waals surface area contributed by atoms with Gasteiger partial charge in [-0.3, -0.25) is 9.59 Å². The summed E-state index contributed by atoms with van der Waals surface area (Å²) in [5.74, 6) is -0.308. The Morgan fingerprint density at radius 2 is 2.16 bits per heavy atom. The highest BCUT2D eigenvalue weighted by atomic mass is 35.5. The molecule has 0 aliphatic carbocycles. The molecule has 5 nitrogen and oxygen atoms in total. The lowest BCUT2D eigenvalue weighted by molar-refractivity contribution is 0.0743. The van der Waals surface area contributed by atoms with Gasteiger partial charge in [0.15, 0.2) is 0 Å². The summed E-state index contributed by atoms with van der Waals surface area (Å²) >= 11 is 7.52. The van der Waals surface area contributed by atoms with E-state index in [1.165, 1.54) is 11.3 Å². The molecule has 1 aromatic carbocycles. The zero-order chi connectivity index (χ0) is 17.1. The van der Waals surface area contributed by atoms with Gasteiger partial charge in [-0.2, -0.15) is 0 Å². The van der Waals surface area contributed by atoms with Crippen LogP contribution in [0.3, 0.4) is 0 Å². The van der Waals surface area contributed by atoms with Crippen molar-refractivity contribution in [3.8, 4) is 0 Å². The molecule has 1 aromatic heterocycles. The molecule has 3 rings (SSSR count). The molecular weight excluding hydrogens is 381 g/mol. The number of benzene rings is 1. The second kappa shape index (κ2) is 8.67. The number of anilines is 1. The summed E-state index contributed by atoms with van der Waals surface area (Å²) in [6.07, 6.45) is 0.942. The van der Waals surface area contributed by atoms with Crippen LogP contribution in [0.25, 0.3) is 0 Å². The monoisotopic (exact) mass is 399 g/mol. The van der Waals surface area contributed by atoms with Gasteiger partial charge in [0.25, 0.3) is 11.8 Å². The minimum atomic E-state index is -0.232. The molecule has 2 N–H and O–H groups in total. The van der Waals surface area contributed by atoms with Gasteiger partial charge in [-0.25, -0.2) is 0 Å². The molecule has 0 radical (unpaired) electrons. The fourth-order valence-corrected chi connectivity index (χ4v) is 3.47. The molecule has 0 saturated carbocycles. The normalized spacial score (nSPS) is 16.2. The molecule has 8 heteroatoms. The van der Waals surface area contributed by atoms with Gasteiger partial charge < -0.3 is 15.5 Å². The van der Waals surface area contributed by atoms with E-state index in [0.29, 0.717) is 21.2 Å². The minimum absolute atomic E-state index is 0. The molecule has 1 aliphatic heterocycles. The molecule has 25 heavy (non-hydrogen) atoms. The largest absolute Gasteiger partial charge is 0.337 e. The SMILES string of the molecule is CN(C(=O)c1ccc(Cl)c(NC(=O)c2cccs2)c1)C1CCNC1.Cl. The Balaban J connectivity index is 0.00000225. The molecule has 1 atom stereocenters. The van der Waals surface area contributed by atoms with Crippen LogP contribution >= 0.6 is 35.3 Å². The highest BCUT2D eigenvalue weighted by molar-refractivity contribution is 7.12. The Labute approximate surface area is 161 Å². The third-order valence-corrected chi connectivity index (χ3v) is 5.31. The lowest BCUT2D eigenvalue weighted by atomic mass is 10.1. The van der Waals surface area contributed by atoms with E-state index in [0.717, 1.165) is 19.5 Å². The first kappa shape index (κ1) is 19.7. The van der Waals surface area contributed by atoms with Crippen molar-refractivity contribution in [3.63, 3.8) is 0 Å². The summed E-state index contributed by atoms with van der Waals surface area (Å²) in [4.78, 5) is 27.2. The molecule has 0 bridgehead atoms. The van der Waals surface area contributed by atoms with Crippen LogP contribution in [-0.2, 0) is 0 Å². The van der Waals surface area contributed by atoms with E-state index >= 15 is 0 Å². The van der Waals surface area contributed by atoms with Gasteiger partial charge in [-0.1, -0.05) is 17.7 Å². The van der Waals surface area contributed by atoms with Crippen molar-refractivity contribution in [2.45, 2.75) is 12.5 Å². The Kier molecular flexibility index (Phi) is 6.84. The molecule has 134 valence electrons. The maximum atomic E-state index is 12.7. The van der Waals surface area contributed by atoms with Crippen LogP contribution in [0, 0.1) is 0 Å². The van der Waals surface area contributed by atoms with Crippen LogP contribution in [0.4, 0.5) is 5.69 Å². The van der Waals surface area contributed by atoms with Gasteiger partial charge in [0, 0.05) is 25.2 Å². The van der Waals surface area contributed by atoms with Crippen LogP contribution < -0.4 is 10.6 Å². The van der Waals surface area contributed by atoms with E-state index in [9.17, 15) is 9.59 Å². The van der Waals surface area contributed by atoms with Crippen LogP contribution in [0.2, 0.25) is 5.02 Å². The number of nitrogens with zero attached hydrogens (tertiary/aromatic N) is 1. The standard InChI is InChI=1S/C17H18ClN3O2S.ClH/c1-21(12-6-7-19-10-12)17(23)11-4-5-13(18)14(9-11)20-16(22)15-3-2-8-24-15;/h2-5,8-9,12,19H,6-7,10H2,1H3,(H,20,22);1H. The van der Waals surface area contributed by atoms with E-state index in [4.69, 9.17) is 11.6 Å². The maximum Gasteiger partial charge on any atom is 0.265 e. The molecular formula is C17H19Cl2N3O2S. The van der Waals surface area contributed by atoms with Crippen molar-refractivity contribution < 1.29 is 9.59 Å². The van der Waals surface area contributed by atoms with Crippen molar-refractivity contribution in [1.82, 2.24) is 10.2 Å². The Morgan fingerprint density at radius 3 is 2.80 bits per heavy atom. The summed E-state index contributed by atoms with van der Waals surface area (Å²) in [7, 11) is 1.80. The number of hydrogen-bond acceptors (Lipinski definition) is 4. The number of rotatable bonds is 4. The molecule has 1 aliphatic rings. The number of likely N-dealkylation sites (N-methyl/N-ethyl adjacent to an activating group) is 1. The zero-order valence-electron chi connectivity index (χ0n) is 13.6. The van der Waals surface area contributed by atoms with Crippen molar-refractivity contribution in [1.29, 1.82) is 0 Å². The molecule has 2 heterocycles. The van der Waals surface area contributed by atoms with Crippen LogP contribution in [0.1, 0.15) is 26.5 Å². The van der Waals surface area contributed by atoms with Gasteiger partial charge in [-0.15, -0.1) is 23.7 Å². The molecule has 2 aromatic rings. The van der Waals surface area contributed by atoms with Gasteiger partial charge in [0.2, 0.25) is 0 Å². The van der Waals surface area contributed by atoms with Gasteiger partial charge >= 0.3 is 0 Å². The van der Waals surface area contributed by atoms with Gasteiger partial charge in [0.1, 0.15) is 0 Å². The lowest BCUT2D eigenvalue weighted by Gasteiger charge is -2.24. The summed E-state index contributed by atoms with van der Waals surface area (Å²) in [6.45, 7) is 1.73. The van der Waals surface area contributed by atoms with Crippen LogP contribution in [-0.4, -0.2) is 42.9 Å². The summed E-state index contributed by atoms with van der Waals surface area (Å²) < 4.78 is 0. The summed E-state index contributed by atoms with van der Waals surface area (Å²) in [5.41, 5.74) is 0.953. The van der Waals surface area contributed by atoms with Crippen molar-refractivity contribution >= 4 is 52.8 Å². The Bertz CT molecular complexity index is 746. The van der Waals surface area contributed by atoms with Crippen molar-refractivity contribution in [3.05, 3.63) is 51.2 Å². The lowest BCUT2D eigenvalue weighted by Crippen LogP contribution is -2.38. The number of hydrogen-bond donors (Lipinski definition) is 2. The second-order valence-corrected chi connectivity index (χ2v) is 7.04. The second-order valence-electron chi connectivity index (χ2n) is 5.69. The summed E-state index contributed by atoms with van der Waals surface area (Å²) in [6, 6.07) is 8.70. The van der Waals surface area contributed by atoms with Crippen LogP contribution in [0.5, 0.6) is 0 Å². The van der Waals surface area contributed by atoms with E-state index in [2.05, 4.69) is 10.6 Å². The maximum absolute atomic E-state index is 12.7. The van der Waals surface area contributed by atoms with Gasteiger partial charge in [-0.05, 0) is 42.6 Å². The average molecular weight is 400 g/mol. The topological polar surface area (TPSA) is 61.4 Å². The predicted molar refractivity (Wildman–Crippen MR) is 104 cm³/mol. The number of halogens is 2. The first-order valence-corrected chi connectivity index (χ1v) is 8.94.